The van der Waals surface area contributed by atoms with Gasteiger partial charge >= 0.3 is 0 Å². The third-order valence-corrected chi connectivity index (χ3v) is 2.63. The highest BCUT2D eigenvalue weighted by Gasteiger charge is 2.15. The van der Waals surface area contributed by atoms with Crippen LogP contribution in [0.1, 0.15) is 38.5 Å². The van der Waals surface area contributed by atoms with Crippen molar-refractivity contribution < 1.29 is 5.11 Å². The molecule has 3 nitrogen and oxygen atoms in total. The summed E-state index contributed by atoms with van der Waals surface area (Å²) in [5.41, 5.74) is 0. The number of nitrogens with zero attached hydrogens (tertiary/aromatic N) is 1. The molecule has 1 saturated carbocycles. The third-order valence-electron chi connectivity index (χ3n) is 2.63. The molecule has 0 bridgehead atoms. The van der Waals surface area contributed by atoms with E-state index in [4.69, 9.17) is 10.4 Å². The molecule has 0 spiro atoms. The molecule has 0 aromatic heterocycles. The predicted molar refractivity (Wildman–Crippen MR) is 51.1 cm³/mol. The number of hydrogen-bond donors (Lipinski definition) is 2. The van der Waals surface area contributed by atoms with Crippen LogP contribution < -0.4 is 5.32 Å². The molecule has 3 heteroatoms. The Morgan fingerprint density at radius 3 is 2.38 bits per heavy atom. The van der Waals surface area contributed by atoms with Crippen LogP contribution in [0.5, 0.6) is 0 Å². The van der Waals surface area contributed by atoms with Gasteiger partial charge in [-0.2, -0.15) is 5.26 Å². The van der Waals surface area contributed by atoms with E-state index in [2.05, 4.69) is 11.4 Å². The van der Waals surface area contributed by atoms with Gasteiger partial charge in [-0.25, -0.2) is 0 Å². The monoisotopic (exact) mass is 182 g/mol. The van der Waals surface area contributed by atoms with Crippen molar-refractivity contribution in [1.29, 1.82) is 5.26 Å². The summed E-state index contributed by atoms with van der Waals surface area (Å²) in [6.07, 6.45) is 7.43. The topological polar surface area (TPSA) is 56.0 Å². The lowest BCUT2D eigenvalue weighted by atomic mass is 10.1. The molecule has 13 heavy (non-hydrogen) atoms. The average Bonchev–Trinajstić information content (AvgIpc) is 2.42. The third kappa shape index (κ3) is 3.75. The smallest absolute Gasteiger partial charge is 0.119 e. The molecule has 1 aliphatic carbocycles. The van der Waals surface area contributed by atoms with E-state index in [-0.39, 0.29) is 12.6 Å². The van der Waals surface area contributed by atoms with E-state index < -0.39 is 0 Å². The molecule has 2 N–H and O–H groups in total. The summed E-state index contributed by atoms with van der Waals surface area (Å²) >= 11 is 0. The minimum atomic E-state index is -0.372. The van der Waals surface area contributed by atoms with Crippen LogP contribution in [0.15, 0.2) is 0 Å². The number of rotatable bonds is 3. The van der Waals surface area contributed by atoms with E-state index in [0.29, 0.717) is 6.04 Å². The van der Waals surface area contributed by atoms with Crippen molar-refractivity contribution in [3.05, 3.63) is 0 Å². The molecule has 0 heterocycles. The highest BCUT2D eigenvalue weighted by Crippen LogP contribution is 2.17. The van der Waals surface area contributed by atoms with Crippen molar-refractivity contribution >= 4 is 0 Å². The van der Waals surface area contributed by atoms with Gasteiger partial charge in [-0.15, -0.1) is 0 Å². The number of nitrogens with one attached hydrogen (secondary N) is 1. The Bertz CT molecular complexity index is 168. The highest BCUT2D eigenvalue weighted by molar-refractivity contribution is 4.91. The van der Waals surface area contributed by atoms with E-state index in [1.165, 1.54) is 25.7 Å². The van der Waals surface area contributed by atoms with Gasteiger partial charge in [-0.1, -0.05) is 25.7 Å². The predicted octanol–water partition coefficient (Wildman–Crippen LogP) is 1.18. The van der Waals surface area contributed by atoms with Gasteiger partial charge in [0, 0.05) is 6.04 Å². The molecular formula is C10H18N2O. The van der Waals surface area contributed by atoms with E-state index in [9.17, 15) is 0 Å². The lowest BCUT2D eigenvalue weighted by Gasteiger charge is -2.18. The summed E-state index contributed by atoms with van der Waals surface area (Å²) in [6, 6.07) is 2.13. The molecule has 0 amide bonds. The second kappa shape index (κ2) is 5.95. The van der Waals surface area contributed by atoms with Gasteiger partial charge < -0.3 is 5.11 Å². The number of aliphatic hydroxyl groups excluding tert-OH is 1. The van der Waals surface area contributed by atoms with Crippen LogP contribution in [-0.4, -0.2) is 23.8 Å². The Morgan fingerprint density at radius 1 is 1.31 bits per heavy atom. The SMILES string of the molecule is N#CC(CO)NC1CCCCCC1. The van der Waals surface area contributed by atoms with Crippen molar-refractivity contribution in [2.24, 2.45) is 0 Å². The van der Waals surface area contributed by atoms with Gasteiger partial charge in [0.25, 0.3) is 0 Å². The summed E-state index contributed by atoms with van der Waals surface area (Å²) in [4.78, 5) is 0. The Hall–Kier alpha value is -0.590. The zero-order chi connectivity index (χ0) is 9.52. The zero-order valence-electron chi connectivity index (χ0n) is 8.00. The quantitative estimate of drug-likeness (QED) is 0.644. The molecular weight excluding hydrogens is 164 g/mol. The van der Waals surface area contributed by atoms with E-state index in [0.717, 1.165) is 12.8 Å². The number of hydrogen-bond acceptors (Lipinski definition) is 3. The lowest BCUT2D eigenvalue weighted by Crippen LogP contribution is -2.39. The highest BCUT2D eigenvalue weighted by atomic mass is 16.3. The minimum absolute atomic E-state index is 0.0764. The summed E-state index contributed by atoms with van der Waals surface area (Å²) in [5, 5.41) is 20.7. The molecule has 1 unspecified atom stereocenters. The van der Waals surface area contributed by atoms with Gasteiger partial charge in [0.1, 0.15) is 6.04 Å². The first kappa shape index (κ1) is 10.5. The van der Waals surface area contributed by atoms with E-state index >= 15 is 0 Å². The summed E-state index contributed by atoms with van der Waals surface area (Å²) < 4.78 is 0. The molecule has 1 rings (SSSR count). The Morgan fingerprint density at radius 2 is 1.92 bits per heavy atom. The zero-order valence-corrected chi connectivity index (χ0v) is 8.00. The fourth-order valence-electron chi connectivity index (χ4n) is 1.86. The molecule has 1 atom stereocenters. The first-order chi connectivity index (χ1) is 6.36. The maximum atomic E-state index is 8.84. The van der Waals surface area contributed by atoms with Crippen molar-refractivity contribution in [2.75, 3.05) is 6.61 Å². The molecule has 0 aliphatic heterocycles. The summed E-state index contributed by atoms with van der Waals surface area (Å²) in [5.74, 6) is 0. The standard InChI is InChI=1S/C10H18N2O/c11-7-10(8-13)12-9-5-3-1-2-4-6-9/h9-10,12-13H,1-6,8H2. The van der Waals surface area contributed by atoms with Gasteiger partial charge in [0.15, 0.2) is 0 Å². The van der Waals surface area contributed by atoms with Crippen LogP contribution in [0.3, 0.4) is 0 Å². The fraction of sp³-hybridized carbons (Fsp3) is 0.900. The normalized spacial score (nSPS) is 21.8. The van der Waals surface area contributed by atoms with Gasteiger partial charge in [0.05, 0.1) is 12.7 Å². The Kier molecular flexibility index (Phi) is 4.81. The van der Waals surface area contributed by atoms with Crippen LogP contribution in [0.2, 0.25) is 0 Å². The minimum Gasteiger partial charge on any atom is -0.394 e. The average molecular weight is 182 g/mol. The second-order valence-corrected chi connectivity index (χ2v) is 3.72. The first-order valence-electron chi connectivity index (χ1n) is 5.13. The fourth-order valence-corrected chi connectivity index (χ4v) is 1.86. The second-order valence-electron chi connectivity index (χ2n) is 3.72. The summed E-state index contributed by atoms with van der Waals surface area (Å²) in [7, 11) is 0. The van der Waals surface area contributed by atoms with Crippen molar-refractivity contribution in [1.82, 2.24) is 5.32 Å². The van der Waals surface area contributed by atoms with Crippen LogP contribution in [-0.2, 0) is 0 Å². The van der Waals surface area contributed by atoms with Gasteiger partial charge in [0.2, 0.25) is 0 Å². The maximum Gasteiger partial charge on any atom is 0.119 e. The molecule has 0 aromatic rings. The Balaban J connectivity index is 2.29. The van der Waals surface area contributed by atoms with Crippen LogP contribution in [0.25, 0.3) is 0 Å². The van der Waals surface area contributed by atoms with Crippen molar-refractivity contribution in [2.45, 2.75) is 50.6 Å². The van der Waals surface area contributed by atoms with Gasteiger partial charge in [-0.05, 0) is 12.8 Å². The molecule has 0 saturated heterocycles. The van der Waals surface area contributed by atoms with E-state index in [1.807, 2.05) is 0 Å². The van der Waals surface area contributed by atoms with Crippen LogP contribution in [0, 0.1) is 11.3 Å². The molecule has 1 fully saturated rings. The maximum absolute atomic E-state index is 8.84. The first-order valence-corrected chi connectivity index (χ1v) is 5.13. The lowest BCUT2D eigenvalue weighted by molar-refractivity contribution is 0.252. The van der Waals surface area contributed by atoms with Crippen molar-refractivity contribution in [3.8, 4) is 6.07 Å². The largest absolute Gasteiger partial charge is 0.394 e. The van der Waals surface area contributed by atoms with Crippen molar-refractivity contribution in [3.63, 3.8) is 0 Å². The van der Waals surface area contributed by atoms with Gasteiger partial charge in [-0.3, -0.25) is 5.32 Å². The molecule has 0 aromatic carbocycles. The van der Waals surface area contributed by atoms with Crippen LogP contribution in [0.4, 0.5) is 0 Å². The molecule has 1 aliphatic rings. The number of aliphatic hydroxyl groups is 1. The van der Waals surface area contributed by atoms with E-state index in [1.54, 1.807) is 0 Å². The van der Waals surface area contributed by atoms with Crippen LogP contribution >= 0.6 is 0 Å². The molecule has 74 valence electrons. The number of nitriles is 1. The summed E-state index contributed by atoms with van der Waals surface area (Å²) in [6.45, 7) is -0.0764. The molecule has 0 radical (unpaired) electrons. The Labute approximate surface area is 79.8 Å².